The summed E-state index contributed by atoms with van der Waals surface area (Å²) in [5, 5.41) is 3.79. The fraction of sp³-hybridized carbons (Fsp3) is 0.257. The highest BCUT2D eigenvalue weighted by atomic mass is 35.5. The van der Waals surface area contributed by atoms with E-state index in [1.54, 1.807) is 54.6 Å². The molecule has 0 fully saturated rings. The van der Waals surface area contributed by atoms with Crippen molar-refractivity contribution in [3.05, 3.63) is 129 Å². The fourth-order valence-corrected chi connectivity index (χ4v) is 6.88. The van der Waals surface area contributed by atoms with Gasteiger partial charge >= 0.3 is 0 Å². The molecule has 2 atom stereocenters. The average molecular weight is 701 g/mol. The van der Waals surface area contributed by atoms with Gasteiger partial charge in [-0.05, 0) is 67.8 Å². The Morgan fingerprint density at radius 1 is 0.804 bits per heavy atom. The van der Waals surface area contributed by atoms with Crippen LogP contribution in [0, 0.1) is 6.92 Å². The summed E-state index contributed by atoms with van der Waals surface area (Å²) >= 11 is 19.1. The molecular formula is C35H36Cl3N3O4S. The maximum Gasteiger partial charge on any atom is 0.264 e. The van der Waals surface area contributed by atoms with Gasteiger partial charge in [0.25, 0.3) is 10.0 Å². The number of halogens is 3. The Labute approximate surface area is 286 Å². The van der Waals surface area contributed by atoms with Gasteiger partial charge in [0, 0.05) is 19.0 Å². The molecule has 0 spiro atoms. The molecule has 46 heavy (non-hydrogen) atoms. The van der Waals surface area contributed by atoms with E-state index >= 15 is 0 Å². The van der Waals surface area contributed by atoms with E-state index in [1.807, 2.05) is 51.1 Å². The molecule has 1 N–H and O–H groups in total. The number of hydrogen-bond acceptors (Lipinski definition) is 4. The van der Waals surface area contributed by atoms with Crippen LogP contribution < -0.4 is 9.62 Å². The molecule has 0 aromatic heterocycles. The van der Waals surface area contributed by atoms with Gasteiger partial charge in [-0.1, -0.05) is 108 Å². The Balaban J connectivity index is 1.83. The number of nitrogens with one attached hydrogen (secondary N) is 1. The lowest BCUT2D eigenvalue weighted by atomic mass is 10.0. The van der Waals surface area contributed by atoms with Crippen LogP contribution in [0.25, 0.3) is 0 Å². The largest absolute Gasteiger partial charge is 0.352 e. The molecule has 0 aliphatic rings. The number of para-hydroxylation sites is 1. The Bertz CT molecular complexity index is 1770. The van der Waals surface area contributed by atoms with Crippen LogP contribution >= 0.6 is 34.8 Å². The smallest absolute Gasteiger partial charge is 0.264 e. The van der Waals surface area contributed by atoms with Crippen LogP contribution in [-0.4, -0.2) is 43.8 Å². The van der Waals surface area contributed by atoms with Crippen molar-refractivity contribution in [3.8, 4) is 0 Å². The third-order valence-corrected chi connectivity index (χ3v) is 10.5. The Kier molecular flexibility index (Phi) is 12.1. The summed E-state index contributed by atoms with van der Waals surface area (Å²) in [4.78, 5) is 29.9. The van der Waals surface area contributed by atoms with Crippen LogP contribution in [-0.2, 0) is 32.6 Å². The third kappa shape index (κ3) is 8.82. The van der Waals surface area contributed by atoms with Gasteiger partial charge in [0.15, 0.2) is 0 Å². The first-order valence-electron chi connectivity index (χ1n) is 14.8. The molecule has 4 aromatic carbocycles. The molecule has 0 aliphatic heterocycles. The third-order valence-electron chi connectivity index (χ3n) is 7.62. The number of carbonyl (C=O) groups is 2. The predicted octanol–water partition coefficient (Wildman–Crippen LogP) is 7.71. The van der Waals surface area contributed by atoms with Crippen LogP contribution in [0.3, 0.4) is 0 Å². The SMILES string of the molecule is CC[C@H](C)NC(=O)[C@H](Cc1ccccc1)N(Cc1ccc(Cl)c(Cl)c1)C(=O)CN(c1ccccc1Cl)S(=O)(=O)c1ccc(C)cc1. The average Bonchev–Trinajstić information content (AvgIpc) is 3.04. The molecule has 7 nitrogen and oxygen atoms in total. The van der Waals surface area contributed by atoms with Gasteiger partial charge in [0.1, 0.15) is 12.6 Å². The van der Waals surface area contributed by atoms with E-state index in [4.69, 9.17) is 34.8 Å². The molecule has 0 bridgehead atoms. The summed E-state index contributed by atoms with van der Waals surface area (Å²) in [6, 6.07) is 25.9. The highest BCUT2D eigenvalue weighted by Gasteiger charge is 2.35. The zero-order valence-electron chi connectivity index (χ0n) is 25.8. The van der Waals surface area contributed by atoms with Crippen molar-refractivity contribution >= 4 is 62.3 Å². The van der Waals surface area contributed by atoms with Crippen molar-refractivity contribution < 1.29 is 18.0 Å². The lowest BCUT2D eigenvalue weighted by molar-refractivity contribution is -0.140. The minimum absolute atomic E-state index is 0.00259. The molecular weight excluding hydrogens is 665 g/mol. The van der Waals surface area contributed by atoms with Crippen molar-refractivity contribution in [3.63, 3.8) is 0 Å². The monoisotopic (exact) mass is 699 g/mol. The normalized spacial score (nSPS) is 12.7. The molecule has 242 valence electrons. The topological polar surface area (TPSA) is 86.8 Å². The summed E-state index contributed by atoms with van der Waals surface area (Å²) in [6.45, 7) is 5.03. The zero-order chi connectivity index (χ0) is 33.4. The van der Waals surface area contributed by atoms with Crippen molar-refractivity contribution in [1.29, 1.82) is 0 Å². The van der Waals surface area contributed by atoms with Crippen molar-refractivity contribution in [1.82, 2.24) is 10.2 Å². The highest BCUT2D eigenvalue weighted by Crippen LogP contribution is 2.31. The van der Waals surface area contributed by atoms with Crippen LogP contribution in [0.4, 0.5) is 5.69 Å². The van der Waals surface area contributed by atoms with Crippen molar-refractivity contribution in [2.24, 2.45) is 0 Å². The van der Waals surface area contributed by atoms with Gasteiger partial charge < -0.3 is 10.2 Å². The first-order chi connectivity index (χ1) is 21.9. The Morgan fingerprint density at radius 3 is 2.09 bits per heavy atom. The molecule has 11 heteroatoms. The fourth-order valence-electron chi connectivity index (χ4n) is 4.83. The number of aryl methyl sites for hydroxylation is 1. The molecule has 4 aromatic rings. The maximum atomic E-state index is 14.6. The summed E-state index contributed by atoms with van der Waals surface area (Å²) < 4.78 is 29.3. The quantitative estimate of drug-likeness (QED) is 0.155. The summed E-state index contributed by atoms with van der Waals surface area (Å²) in [6.07, 6.45) is 0.868. The van der Waals surface area contributed by atoms with Gasteiger partial charge in [0.2, 0.25) is 11.8 Å². The molecule has 2 amide bonds. The lowest BCUT2D eigenvalue weighted by Gasteiger charge is -2.34. The van der Waals surface area contributed by atoms with Crippen LogP contribution in [0.2, 0.25) is 15.1 Å². The minimum Gasteiger partial charge on any atom is -0.352 e. The number of amides is 2. The first-order valence-corrected chi connectivity index (χ1v) is 17.4. The number of rotatable bonds is 13. The number of nitrogens with zero attached hydrogens (tertiary/aromatic N) is 2. The van der Waals surface area contributed by atoms with Gasteiger partial charge in [-0.15, -0.1) is 0 Å². The first kappa shape index (κ1) is 35.3. The molecule has 4 rings (SSSR count). The van der Waals surface area contributed by atoms with Gasteiger partial charge in [-0.25, -0.2) is 8.42 Å². The Morgan fingerprint density at radius 2 is 1.46 bits per heavy atom. The molecule has 0 heterocycles. The summed E-state index contributed by atoms with van der Waals surface area (Å²) in [5.41, 5.74) is 2.45. The number of sulfonamides is 1. The zero-order valence-corrected chi connectivity index (χ0v) is 28.9. The van der Waals surface area contributed by atoms with Crippen molar-refractivity contribution in [2.75, 3.05) is 10.8 Å². The molecule has 0 unspecified atom stereocenters. The predicted molar refractivity (Wildman–Crippen MR) is 186 cm³/mol. The van der Waals surface area contributed by atoms with E-state index < -0.39 is 28.5 Å². The number of carbonyl (C=O) groups excluding carboxylic acids is 2. The van der Waals surface area contributed by atoms with E-state index in [2.05, 4.69) is 5.32 Å². The second kappa shape index (κ2) is 15.8. The van der Waals surface area contributed by atoms with Crippen LogP contribution in [0.5, 0.6) is 0 Å². The number of anilines is 1. The van der Waals surface area contributed by atoms with Crippen LogP contribution in [0.15, 0.2) is 102 Å². The van der Waals surface area contributed by atoms with Crippen LogP contribution in [0.1, 0.15) is 37.0 Å². The van der Waals surface area contributed by atoms with Crippen molar-refractivity contribution in [2.45, 2.75) is 57.1 Å². The number of hydrogen-bond donors (Lipinski definition) is 1. The minimum atomic E-state index is -4.27. The lowest BCUT2D eigenvalue weighted by Crippen LogP contribution is -2.54. The van der Waals surface area contributed by atoms with E-state index in [1.165, 1.54) is 17.0 Å². The van der Waals surface area contributed by atoms with Gasteiger partial charge in [-0.2, -0.15) is 0 Å². The van der Waals surface area contributed by atoms with E-state index in [0.717, 1.165) is 15.4 Å². The van der Waals surface area contributed by atoms with Gasteiger partial charge in [-0.3, -0.25) is 13.9 Å². The second-order valence-corrected chi connectivity index (χ2v) is 14.2. The molecule has 0 radical (unpaired) electrons. The summed E-state index contributed by atoms with van der Waals surface area (Å²) in [7, 11) is -4.27. The van der Waals surface area contributed by atoms with E-state index in [-0.39, 0.29) is 45.5 Å². The molecule has 0 saturated heterocycles. The van der Waals surface area contributed by atoms with Gasteiger partial charge in [0.05, 0.1) is 25.7 Å². The highest BCUT2D eigenvalue weighted by molar-refractivity contribution is 7.92. The molecule has 0 aliphatic carbocycles. The summed E-state index contributed by atoms with van der Waals surface area (Å²) in [5.74, 6) is -0.973. The Hall–Kier alpha value is -3.56. The maximum absolute atomic E-state index is 14.6. The standard InChI is InChI=1S/C35H36Cl3N3O4S/c1-4-25(3)39-35(43)33(21-26-10-6-5-7-11-26)40(22-27-16-19-29(36)31(38)20-27)34(42)23-41(32-13-9-8-12-30(32)37)46(44,45)28-17-14-24(2)15-18-28/h5-20,25,33H,4,21-23H2,1-3H3,(H,39,43)/t25-,33-/m0/s1. The van der Waals surface area contributed by atoms with E-state index in [0.29, 0.717) is 17.0 Å². The molecule has 0 saturated carbocycles. The number of benzene rings is 4. The second-order valence-electron chi connectivity index (χ2n) is 11.1. The van der Waals surface area contributed by atoms with E-state index in [9.17, 15) is 18.0 Å².